The molecule has 0 saturated heterocycles. The van der Waals surface area contributed by atoms with E-state index in [4.69, 9.17) is 27.4 Å². The van der Waals surface area contributed by atoms with Gasteiger partial charge in [0.25, 0.3) is 0 Å². The first-order valence-corrected chi connectivity index (χ1v) is 10.1. The first kappa shape index (κ1) is 27.7. The van der Waals surface area contributed by atoms with Gasteiger partial charge in [0.15, 0.2) is 0 Å². The normalized spacial score (nSPS) is 14.8. The van der Waals surface area contributed by atoms with E-state index in [1.165, 1.54) is 6.92 Å². The average molecular weight is 433 g/mol. The maximum atomic E-state index is 12.6. The molecule has 0 fully saturated rings. The van der Waals surface area contributed by atoms with Crippen molar-refractivity contribution in [2.24, 2.45) is 17.2 Å². The van der Waals surface area contributed by atoms with Gasteiger partial charge in [-0.1, -0.05) is 6.42 Å². The highest BCUT2D eigenvalue weighted by molar-refractivity contribution is 5.93. The van der Waals surface area contributed by atoms with Crippen LogP contribution in [0.25, 0.3) is 0 Å². The van der Waals surface area contributed by atoms with E-state index >= 15 is 0 Å². The van der Waals surface area contributed by atoms with Gasteiger partial charge in [-0.05, 0) is 52.1 Å². The van der Waals surface area contributed by atoms with E-state index in [0.29, 0.717) is 45.2 Å². The Morgan fingerprint density at radius 1 is 0.800 bits per heavy atom. The van der Waals surface area contributed by atoms with Gasteiger partial charge < -0.3 is 43.4 Å². The fraction of sp³-hybridized carbons (Fsp3) is 0.778. The number of rotatable bonds is 16. The standard InChI is InChI=1S/C18H36N6O6/c1-11(15(26)24-14(10-25)18(29)30)22-17(28)13(7-3-5-9-20)23-16(27)12(21)6-2-4-8-19/h11-14,25H,2-10,19-21H2,1H3,(H,22,28)(H,23,27)(H,24,26)(H,29,30). The van der Waals surface area contributed by atoms with E-state index in [9.17, 15) is 19.2 Å². The smallest absolute Gasteiger partial charge is 0.328 e. The number of carbonyl (C=O) groups excluding carboxylic acids is 3. The summed E-state index contributed by atoms with van der Waals surface area (Å²) in [6.07, 6.45) is 3.36. The lowest BCUT2D eigenvalue weighted by atomic mass is 10.1. The molecular formula is C18H36N6O6. The van der Waals surface area contributed by atoms with Crippen LogP contribution in [-0.4, -0.2) is 77.8 Å². The van der Waals surface area contributed by atoms with Gasteiger partial charge in [0.2, 0.25) is 17.7 Å². The molecule has 12 nitrogen and oxygen atoms in total. The molecule has 0 heterocycles. The zero-order chi connectivity index (χ0) is 23.1. The molecule has 11 N–H and O–H groups in total. The molecular weight excluding hydrogens is 396 g/mol. The van der Waals surface area contributed by atoms with Gasteiger partial charge in [0.1, 0.15) is 18.1 Å². The molecule has 0 bridgehead atoms. The molecule has 4 atom stereocenters. The highest BCUT2D eigenvalue weighted by Gasteiger charge is 2.27. The van der Waals surface area contributed by atoms with Crippen molar-refractivity contribution < 1.29 is 29.4 Å². The predicted octanol–water partition coefficient (Wildman–Crippen LogP) is -2.88. The van der Waals surface area contributed by atoms with Crippen LogP contribution in [0.5, 0.6) is 0 Å². The second-order valence-electron chi connectivity index (χ2n) is 7.05. The quantitative estimate of drug-likeness (QED) is 0.117. The van der Waals surface area contributed by atoms with Crippen molar-refractivity contribution in [2.45, 2.75) is 69.6 Å². The Morgan fingerprint density at radius 2 is 1.33 bits per heavy atom. The monoisotopic (exact) mass is 432 g/mol. The number of amides is 3. The SMILES string of the molecule is CC(NC(=O)C(CCCCN)NC(=O)C(N)CCCCN)C(=O)NC(CO)C(=O)O. The van der Waals surface area contributed by atoms with E-state index in [2.05, 4.69) is 16.0 Å². The highest BCUT2D eigenvalue weighted by atomic mass is 16.4. The average Bonchev–Trinajstić information content (AvgIpc) is 2.70. The minimum Gasteiger partial charge on any atom is -0.480 e. The van der Waals surface area contributed by atoms with Crippen LogP contribution in [0.1, 0.15) is 45.4 Å². The van der Waals surface area contributed by atoms with Gasteiger partial charge in [-0.3, -0.25) is 14.4 Å². The Balaban J connectivity index is 4.92. The van der Waals surface area contributed by atoms with E-state index in [-0.39, 0.29) is 0 Å². The fourth-order valence-corrected chi connectivity index (χ4v) is 2.54. The lowest BCUT2D eigenvalue weighted by Gasteiger charge is -2.23. The number of nitrogens with two attached hydrogens (primary N) is 3. The van der Waals surface area contributed by atoms with Crippen molar-refractivity contribution in [3.8, 4) is 0 Å². The van der Waals surface area contributed by atoms with Gasteiger partial charge >= 0.3 is 5.97 Å². The zero-order valence-electron chi connectivity index (χ0n) is 17.4. The Hall–Kier alpha value is -2.28. The third-order valence-corrected chi connectivity index (χ3v) is 4.44. The van der Waals surface area contributed by atoms with Gasteiger partial charge in [-0.2, -0.15) is 0 Å². The summed E-state index contributed by atoms with van der Waals surface area (Å²) in [6.45, 7) is 1.50. The summed E-state index contributed by atoms with van der Waals surface area (Å²) in [5, 5.41) is 25.0. The predicted molar refractivity (Wildman–Crippen MR) is 110 cm³/mol. The van der Waals surface area contributed by atoms with Crippen molar-refractivity contribution in [3.05, 3.63) is 0 Å². The van der Waals surface area contributed by atoms with Gasteiger partial charge in [0, 0.05) is 0 Å². The van der Waals surface area contributed by atoms with Crippen molar-refractivity contribution in [1.82, 2.24) is 16.0 Å². The van der Waals surface area contributed by atoms with Gasteiger partial charge in [-0.25, -0.2) is 4.79 Å². The Labute approximate surface area is 176 Å². The molecule has 12 heteroatoms. The summed E-state index contributed by atoms with van der Waals surface area (Å²) < 4.78 is 0. The molecule has 0 rings (SSSR count). The minimum absolute atomic E-state index is 0.299. The first-order valence-electron chi connectivity index (χ1n) is 10.1. The number of unbranched alkanes of at least 4 members (excludes halogenated alkanes) is 2. The molecule has 0 spiro atoms. The Bertz CT molecular complexity index is 561. The van der Waals surface area contributed by atoms with Crippen LogP contribution in [-0.2, 0) is 19.2 Å². The molecule has 0 radical (unpaired) electrons. The molecule has 30 heavy (non-hydrogen) atoms. The molecule has 4 unspecified atom stereocenters. The van der Waals surface area contributed by atoms with Gasteiger partial charge in [-0.15, -0.1) is 0 Å². The molecule has 0 saturated carbocycles. The summed E-state index contributed by atoms with van der Waals surface area (Å²) in [4.78, 5) is 47.9. The lowest BCUT2D eigenvalue weighted by molar-refractivity contribution is -0.143. The molecule has 174 valence electrons. The maximum absolute atomic E-state index is 12.6. The minimum atomic E-state index is -1.48. The lowest BCUT2D eigenvalue weighted by Crippen LogP contribution is -2.56. The fourth-order valence-electron chi connectivity index (χ4n) is 2.54. The van der Waals surface area contributed by atoms with Gasteiger partial charge in [0.05, 0.1) is 12.6 Å². The maximum Gasteiger partial charge on any atom is 0.328 e. The summed E-state index contributed by atoms with van der Waals surface area (Å²) in [6, 6.07) is -4.28. The number of nitrogens with one attached hydrogen (secondary N) is 3. The van der Waals surface area contributed by atoms with Crippen LogP contribution in [0.2, 0.25) is 0 Å². The van der Waals surface area contributed by atoms with E-state index < -0.39 is 54.5 Å². The summed E-state index contributed by atoms with van der Waals surface area (Å²) in [5.41, 5.74) is 16.8. The van der Waals surface area contributed by atoms with Crippen LogP contribution in [0.15, 0.2) is 0 Å². The van der Waals surface area contributed by atoms with Crippen molar-refractivity contribution in [2.75, 3.05) is 19.7 Å². The van der Waals surface area contributed by atoms with E-state index in [0.717, 1.165) is 6.42 Å². The number of aliphatic hydroxyl groups is 1. The number of carboxylic acid groups (broad SMARTS) is 1. The third kappa shape index (κ3) is 11.0. The molecule has 0 aromatic heterocycles. The highest BCUT2D eigenvalue weighted by Crippen LogP contribution is 2.04. The van der Waals surface area contributed by atoms with Crippen LogP contribution >= 0.6 is 0 Å². The van der Waals surface area contributed by atoms with Crippen LogP contribution < -0.4 is 33.2 Å². The number of hydrogen-bond acceptors (Lipinski definition) is 8. The molecule has 3 amide bonds. The first-order chi connectivity index (χ1) is 14.2. The van der Waals surface area contributed by atoms with Crippen molar-refractivity contribution in [3.63, 3.8) is 0 Å². The number of hydrogen-bond donors (Lipinski definition) is 8. The number of carboxylic acids is 1. The summed E-state index contributed by atoms with van der Waals surface area (Å²) in [7, 11) is 0. The molecule has 0 aliphatic carbocycles. The molecule has 0 aliphatic heterocycles. The Kier molecular flexibility index (Phi) is 14.4. The number of aliphatic hydroxyl groups excluding tert-OH is 1. The number of carbonyl (C=O) groups is 4. The van der Waals surface area contributed by atoms with E-state index in [1.807, 2.05) is 0 Å². The van der Waals surface area contributed by atoms with Crippen molar-refractivity contribution in [1.29, 1.82) is 0 Å². The third-order valence-electron chi connectivity index (χ3n) is 4.44. The number of aliphatic carboxylic acids is 1. The molecule has 0 aromatic carbocycles. The summed E-state index contributed by atoms with van der Waals surface area (Å²) in [5.74, 6) is -3.27. The zero-order valence-corrected chi connectivity index (χ0v) is 17.4. The van der Waals surface area contributed by atoms with Crippen LogP contribution in [0.3, 0.4) is 0 Å². The second kappa shape index (κ2) is 15.5. The van der Waals surface area contributed by atoms with E-state index in [1.54, 1.807) is 0 Å². The summed E-state index contributed by atoms with van der Waals surface area (Å²) >= 11 is 0. The molecule has 0 aromatic rings. The van der Waals surface area contributed by atoms with Crippen LogP contribution in [0, 0.1) is 0 Å². The van der Waals surface area contributed by atoms with Crippen molar-refractivity contribution >= 4 is 23.7 Å². The second-order valence-corrected chi connectivity index (χ2v) is 7.05. The largest absolute Gasteiger partial charge is 0.480 e. The molecule has 0 aliphatic rings. The Morgan fingerprint density at radius 3 is 1.83 bits per heavy atom. The topological polar surface area (TPSA) is 223 Å². The van der Waals surface area contributed by atoms with Crippen LogP contribution in [0.4, 0.5) is 0 Å².